The molecule has 3 rings (SSSR count). The zero-order valence-electron chi connectivity index (χ0n) is 9.44. The van der Waals surface area contributed by atoms with Crippen LogP contribution in [0.4, 0.5) is 5.82 Å². The summed E-state index contributed by atoms with van der Waals surface area (Å²) in [6, 6.07) is 9.98. The number of rotatable bonds is 2. The predicted octanol–water partition coefficient (Wildman–Crippen LogP) is 2.67. The zero-order chi connectivity index (χ0) is 11.7. The first-order valence-corrected chi connectivity index (χ1v) is 5.46. The Hall–Kier alpha value is -2.36. The molecule has 84 valence electrons. The average molecular weight is 224 g/mol. The number of hydrogen-bond acceptors (Lipinski definition) is 3. The van der Waals surface area contributed by atoms with E-state index in [9.17, 15) is 0 Å². The lowest BCUT2D eigenvalue weighted by atomic mass is 10.1. The van der Waals surface area contributed by atoms with Gasteiger partial charge in [0.25, 0.3) is 0 Å². The lowest BCUT2D eigenvalue weighted by molar-refractivity contribution is 1.17. The second-order valence-corrected chi connectivity index (χ2v) is 3.76. The molecule has 17 heavy (non-hydrogen) atoms. The van der Waals surface area contributed by atoms with E-state index < -0.39 is 0 Å². The third-order valence-corrected chi connectivity index (χ3v) is 2.74. The van der Waals surface area contributed by atoms with Crippen molar-refractivity contribution in [2.24, 2.45) is 0 Å². The molecule has 0 atom stereocenters. The van der Waals surface area contributed by atoms with Gasteiger partial charge in [0.05, 0.1) is 0 Å². The maximum absolute atomic E-state index is 4.44. The normalized spacial score (nSPS) is 10.6. The number of hydrogen-bond donors (Lipinski definition) is 2. The number of fused-ring (bicyclic) bond motifs is 1. The Morgan fingerprint density at radius 1 is 1.18 bits per heavy atom. The van der Waals surface area contributed by atoms with E-state index in [1.54, 1.807) is 6.20 Å². The molecule has 0 saturated carbocycles. The molecule has 0 aliphatic heterocycles. The highest BCUT2D eigenvalue weighted by molar-refractivity contribution is 5.93. The van der Waals surface area contributed by atoms with Crippen molar-refractivity contribution >= 4 is 16.7 Å². The van der Waals surface area contributed by atoms with Crippen molar-refractivity contribution in [2.75, 3.05) is 12.4 Å². The Morgan fingerprint density at radius 2 is 2.06 bits per heavy atom. The van der Waals surface area contributed by atoms with Gasteiger partial charge < -0.3 is 10.3 Å². The van der Waals surface area contributed by atoms with Gasteiger partial charge in [-0.3, -0.25) is 0 Å². The largest absolute Gasteiger partial charge is 0.373 e. The molecule has 0 aliphatic rings. The van der Waals surface area contributed by atoms with Crippen LogP contribution in [0, 0.1) is 0 Å². The zero-order valence-corrected chi connectivity index (χ0v) is 9.44. The summed E-state index contributed by atoms with van der Waals surface area (Å²) < 4.78 is 0. The van der Waals surface area contributed by atoms with Gasteiger partial charge in [-0.2, -0.15) is 0 Å². The molecule has 4 nitrogen and oxygen atoms in total. The van der Waals surface area contributed by atoms with Crippen LogP contribution in [-0.4, -0.2) is 22.0 Å². The summed E-state index contributed by atoms with van der Waals surface area (Å²) in [7, 11) is 1.85. The van der Waals surface area contributed by atoms with E-state index in [0.717, 1.165) is 28.1 Å². The van der Waals surface area contributed by atoms with E-state index >= 15 is 0 Å². The number of para-hydroxylation sites is 1. The Balaban J connectivity index is 2.20. The molecule has 0 radical (unpaired) electrons. The topological polar surface area (TPSA) is 53.6 Å². The van der Waals surface area contributed by atoms with Gasteiger partial charge in [-0.15, -0.1) is 0 Å². The van der Waals surface area contributed by atoms with E-state index in [1.165, 1.54) is 0 Å². The average Bonchev–Trinajstić information content (AvgIpc) is 2.82. The molecule has 0 amide bonds. The van der Waals surface area contributed by atoms with Crippen LogP contribution in [0.3, 0.4) is 0 Å². The summed E-state index contributed by atoms with van der Waals surface area (Å²) in [5.41, 5.74) is 2.12. The first-order chi connectivity index (χ1) is 8.38. The third-order valence-electron chi connectivity index (χ3n) is 2.74. The minimum atomic E-state index is 0.731. The van der Waals surface area contributed by atoms with E-state index in [2.05, 4.69) is 26.3 Å². The highest BCUT2D eigenvalue weighted by Crippen LogP contribution is 2.25. The SMILES string of the molecule is CNc1ccnc(-c2c[nH]c3ccccc23)n1. The number of H-pyrrole nitrogens is 1. The fourth-order valence-corrected chi connectivity index (χ4v) is 1.88. The van der Waals surface area contributed by atoms with Crippen molar-refractivity contribution in [2.45, 2.75) is 0 Å². The number of nitrogens with one attached hydrogen (secondary N) is 2. The smallest absolute Gasteiger partial charge is 0.163 e. The molecular formula is C13H12N4. The molecule has 0 fully saturated rings. The Labute approximate surface area is 98.7 Å². The van der Waals surface area contributed by atoms with Gasteiger partial charge in [0.2, 0.25) is 0 Å². The number of aromatic amines is 1. The molecule has 0 bridgehead atoms. The molecule has 0 unspecified atom stereocenters. The molecule has 0 saturated heterocycles. The third kappa shape index (κ3) is 1.63. The highest BCUT2D eigenvalue weighted by atomic mass is 15.0. The Kier molecular flexibility index (Phi) is 2.26. The minimum absolute atomic E-state index is 0.731. The summed E-state index contributed by atoms with van der Waals surface area (Å²) in [4.78, 5) is 12.0. The van der Waals surface area contributed by atoms with E-state index in [0.29, 0.717) is 0 Å². The van der Waals surface area contributed by atoms with Crippen molar-refractivity contribution in [3.63, 3.8) is 0 Å². The van der Waals surface area contributed by atoms with Crippen molar-refractivity contribution in [3.05, 3.63) is 42.7 Å². The first-order valence-electron chi connectivity index (χ1n) is 5.46. The van der Waals surface area contributed by atoms with Gasteiger partial charge in [-0.05, 0) is 12.1 Å². The summed E-state index contributed by atoms with van der Waals surface area (Å²) in [5, 5.41) is 4.16. The van der Waals surface area contributed by atoms with Crippen LogP contribution in [0.1, 0.15) is 0 Å². The van der Waals surface area contributed by atoms with Crippen molar-refractivity contribution in [1.82, 2.24) is 15.0 Å². The molecule has 4 heteroatoms. The lowest BCUT2D eigenvalue weighted by Gasteiger charge is -2.01. The molecule has 0 spiro atoms. The van der Waals surface area contributed by atoms with Crippen LogP contribution in [0.5, 0.6) is 0 Å². The molecule has 1 aromatic carbocycles. The molecule has 2 aromatic heterocycles. The van der Waals surface area contributed by atoms with Gasteiger partial charge in [0, 0.05) is 35.9 Å². The number of nitrogens with zero attached hydrogens (tertiary/aromatic N) is 2. The highest BCUT2D eigenvalue weighted by Gasteiger charge is 2.08. The molecule has 0 aliphatic carbocycles. The predicted molar refractivity (Wildman–Crippen MR) is 68.9 cm³/mol. The maximum Gasteiger partial charge on any atom is 0.163 e. The number of benzene rings is 1. The molecule has 3 aromatic rings. The standard InChI is InChI=1S/C13H12N4/c1-14-12-6-7-15-13(17-12)10-8-16-11-5-3-2-4-9(10)11/h2-8,16H,1H3,(H,14,15,17). The molecule has 2 heterocycles. The van der Waals surface area contributed by atoms with Gasteiger partial charge >= 0.3 is 0 Å². The Morgan fingerprint density at radius 3 is 2.94 bits per heavy atom. The minimum Gasteiger partial charge on any atom is -0.373 e. The van der Waals surface area contributed by atoms with Crippen LogP contribution in [0.15, 0.2) is 42.7 Å². The number of anilines is 1. The van der Waals surface area contributed by atoms with E-state index in [4.69, 9.17) is 0 Å². The van der Waals surface area contributed by atoms with E-state index in [-0.39, 0.29) is 0 Å². The summed E-state index contributed by atoms with van der Waals surface area (Å²) in [6.45, 7) is 0. The summed E-state index contributed by atoms with van der Waals surface area (Å²) in [6.07, 6.45) is 3.70. The van der Waals surface area contributed by atoms with Gasteiger partial charge in [0.15, 0.2) is 5.82 Å². The van der Waals surface area contributed by atoms with Crippen molar-refractivity contribution in [1.29, 1.82) is 0 Å². The van der Waals surface area contributed by atoms with Crippen LogP contribution in [0.25, 0.3) is 22.3 Å². The maximum atomic E-state index is 4.44. The van der Waals surface area contributed by atoms with Gasteiger partial charge in [-0.25, -0.2) is 9.97 Å². The van der Waals surface area contributed by atoms with Crippen molar-refractivity contribution in [3.8, 4) is 11.4 Å². The second kappa shape index (κ2) is 3.90. The van der Waals surface area contributed by atoms with Gasteiger partial charge in [-0.1, -0.05) is 18.2 Å². The number of aromatic nitrogens is 3. The van der Waals surface area contributed by atoms with Crippen LogP contribution in [-0.2, 0) is 0 Å². The summed E-state index contributed by atoms with van der Waals surface area (Å²) in [5.74, 6) is 1.55. The fourth-order valence-electron chi connectivity index (χ4n) is 1.88. The second-order valence-electron chi connectivity index (χ2n) is 3.76. The van der Waals surface area contributed by atoms with Crippen LogP contribution in [0.2, 0.25) is 0 Å². The molecule has 2 N–H and O–H groups in total. The van der Waals surface area contributed by atoms with Crippen LogP contribution < -0.4 is 5.32 Å². The lowest BCUT2D eigenvalue weighted by Crippen LogP contribution is -1.95. The quantitative estimate of drug-likeness (QED) is 0.703. The monoisotopic (exact) mass is 224 g/mol. The van der Waals surface area contributed by atoms with Gasteiger partial charge in [0.1, 0.15) is 5.82 Å². The Bertz CT molecular complexity index is 657. The molecular weight excluding hydrogens is 212 g/mol. The summed E-state index contributed by atoms with van der Waals surface area (Å²) >= 11 is 0. The van der Waals surface area contributed by atoms with E-state index in [1.807, 2.05) is 37.5 Å². The first kappa shape index (κ1) is 9.84. The van der Waals surface area contributed by atoms with Crippen LogP contribution >= 0.6 is 0 Å². The fraction of sp³-hybridized carbons (Fsp3) is 0.0769. The van der Waals surface area contributed by atoms with Crippen molar-refractivity contribution < 1.29 is 0 Å².